The van der Waals surface area contributed by atoms with Crippen molar-refractivity contribution in [2.75, 3.05) is 19.7 Å². The van der Waals surface area contributed by atoms with E-state index in [1.165, 1.54) is 0 Å². The van der Waals surface area contributed by atoms with Crippen molar-refractivity contribution in [1.82, 2.24) is 14.9 Å². The van der Waals surface area contributed by atoms with Crippen molar-refractivity contribution < 1.29 is 10.2 Å². The molecule has 114 valence electrons. The van der Waals surface area contributed by atoms with Gasteiger partial charge in [0.15, 0.2) is 5.15 Å². The van der Waals surface area contributed by atoms with Crippen molar-refractivity contribution in [2.45, 2.75) is 51.2 Å². The maximum absolute atomic E-state index is 10.2. The van der Waals surface area contributed by atoms with Crippen LogP contribution < -0.4 is 0 Å². The molecular formula is C14H24ClN3O2. The van der Waals surface area contributed by atoms with Gasteiger partial charge in [-0.15, -0.1) is 0 Å². The highest BCUT2D eigenvalue weighted by Gasteiger charge is 2.32. The number of aryl methyl sites for hydroxylation is 1. The molecule has 0 spiro atoms. The van der Waals surface area contributed by atoms with Gasteiger partial charge in [-0.25, -0.2) is 4.98 Å². The van der Waals surface area contributed by atoms with Gasteiger partial charge in [0.05, 0.1) is 12.3 Å². The summed E-state index contributed by atoms with van der Waals surface area (Å²) in [5.41, 5.74) is -0.0737. The summed E-state index contributed by atoms with van der Waals surface area (Å²) in [5, 5.41) is 20.0. The van der Waals surface area contributed by atoms with Gasteiger partial charge in [0.2, 0.25) is 0 Å². The van der Waals surface area contributed by atoms with Crippen molar-refractivity contribution in [2.24, 2.45) is 0 Å². The van der Waals surface area contributed by atoms with E-state index in [-0.39, 0.29) is 6.61 Å². The van der Waals surface area contributed by atoms with E-state index < -0.39 is 5.60 Å². The van der Waals surface area contributed by atoms with Crippen molar-refractivity contribution in [3.63, 3.8) is 0 Å². The molecule has 0 radical (unpaired) electrons. The van der Waals surface area contributed by atoms with Gasteiger partial charge in [0, 0.05) is 19.5 Å². The quantitative estimate of drug-likeness (QED) is 0.748. The minimum atomic E-state index is -0.976. The third-order valence-corrected chi connectivity index (χ3v) is 4.17. The molecule has 2 heterocycles. The number of H-pyrrole nitrogens is 1. The molecule has 20 heavy (non-hydrogen) atoms. The zero-order valence-corrected chi connectivity index (χ0v) is 12.8. The SMILES string of the molecule is CCCCc1nc(Cl)c(CN2CCCC(O)(CO)C2)[nH]1. The third-order valence-electron chi connectivity index (χ3n) is 3.85. The largest absolute Gasteiger partial charge is 0.393 e. The normalized spacial score (nSPS) is 24.2. The van der Waals surface area contributed by atoms with Crippen LogP contribution in [0.5, 0.6) is 0 Å². The summed E-state index contributed by atoms with van der Waals surface area (Å²) in [7, 11) is 0. The first-order valence-corrected chi connectivity index (χ1v) is 7.73. The molecule has 1 aromatic heterocycles. The van der Waals surface area contributed by atoms with Crippen LogP contribution in [0.3, 0.4) is 0 Å². The number of hydrogen-bond donors (Lipinski definition) is 3. The van der Waals surface area contributed by atoms with Crippen LogP contribution in [-0.2, 0) is 13.0 Å². The van der Waals surface area contributed by atoms with E-state index in [4.69, 9.17) is 11.6 Å². The van der Waals surface area contributed by atoms with Crippen LogP contribution in [-0.4, -0.2) is 50.4 Å². The molecule has 1 atom stereocenters. The predicted octanol–water partition coefficient (Wildman–Crippen LogP) is 1.72. The van der Waals surface area contributed by atoms with E-state index in [1.54, 1.807) is 0 Å². The molecule has 3 N–H and O–H groups in total. The molecule has 6 heteroatoms. The van der Waals surface area contributed by atoms with Crippen LogP contribution in [0.2, 0.25) is 5.15 Å². The lowest BCUT2D eigenvalue weighted by molar-refractivity contribution is -0.0689. The highest BCUT2D eigenvalue weighted by molar-refractivity contribution is 6.30. The predicted molar refractivity (Wildman–Crippen MR) is 78.8 cm³/mol. The van der Waals surface area contributed by atoms with Crippen LogP contribution in [0.4, 0.5) is 0 Å². The Morgan fingerprint density at radius 1 is 1.50 bits per heavy atom. The number of halogens is 1. The average Bonchev–Trinajstić information content (AvgIpc) is 2.77. The Morgan fingerprint density at radius 2 is 2.30 bits per heavy atom. The van der Waals surface area contributed by atoms with E-state index in [0.717, 1.165) is 43.7 Å². The van der Waals surface area contributed by atoms with Crippen molar-refractivity contribution in [3.8, 4) is 0 Å². The first kappa shape index (κ1) is 15.8. The fourth-order valence-corrected chi connectivity index (χ4v) is 2.91. The number of aromatic amines is 1. The van der Waals surface area contributed by atoms with Crippen LogP contribution in [0.1, 0.15) is 44.1 Å². The van der Waals surface area contributed by atoms with E-state index in [9.17, 15) is 10.2 Å². The van der Waals surface area contributed by atoms with Crippen LogP contribution in [0.15, 0.2) is 0 Å². The number of β-amino-alcohol motifs (C(OH)–C–C–N with tert-alkyl or cyclic N) is 1. The van der Waals surface area contributed by atoms with Crippen LogP contribution in [0.25, 0.3) is 0 Å². The number of imidazole rings is 1. The molecule has 1 aromatic rings. The molecule has 0 bridgehead atoms. The number of nitrogens with one attached hydrogen (secondary N) is 1. The number of unbranched alkanes of at least 4 members (excludes halogenated alkanes) is 1. The fraction of sp³-hybridized carbons (Fsp3) is 0.786. The number of nitrogens with zero attached hydrogens (tertiary/aromatic N) is 2. The van der Waals surface area contributed by atoms with E-state index in [1.807, 2.05) is 0 Å². The number of aliphatic hydroxyl groups is 2. The van der Waals surface area contributed by atoms with Crippen molar-refractivity contribution in [1.29, 1.82) is 0 Å². The summed E-state index contributed by atoms with van der Waals surface area (Å²) in [5.74, 6) is 0.932. The topological polar surface area (TPSA) is 72.4 Å². The van der Waals surface area contributed by atoms with Gasteiger partial charge in [-0.1, -0.05) is 24.9 Å². The molecule has 1 unspecified atom stereocenters. The fourth-order valence-electron chi connectivity index (χ4n) is 2.70. The number of piperidine rings is 1. The highest BCUT2D eigenvalue weighted by Crippen LogP contribution is 2.23. The second-order valence-electron chi connectivity index (χ2n) is 5.75. The lowest BCUT2D eigenvalue weighted by atomic mass is 9.94. The molecule has 0 saturated carbocycles. The minimum absolute atomic E-state index is 0.193. The number of rotatable bonds is 6. The minimum Gasteiger partial charge on any atom is -0.393 e. The summed E-state index contributed by atoms with van der Waals surface area (Å²) in [4.78, 5) is 9.74. The number of likely N-dealkylation sites (tertiary alicyclic amines) is 1. The molecule has 0 aromatic carbocycles. The zero-order chi connectivity index (χ0) is 14.6. The van der Waals surface area contributed by atoms with Gasteiger partial charge in [0.1, 0.15) is 11.4 Å². The first-order chi connectivity index (χ1) is 9.56. The Labute approximate surface area is 125 Å². The summed E-state index contributed by atoms with van der Waals surface area (Å²) in [6.07, 6.45) is 4.67. The van der Waals surface area contributed by atoms with Gasteiger partial charge in [-0.2, -0.15) is 0 Å². The molecular weight excluding hydrogens is 278 g/mol. The summed E-state index contributed by atoms with van der Waals surface area (Å²) in [6.45, 7) is 3.97. The number of hydrogen-bond acceptors (Lipinski definition) is 4. The van der Waals surface area contributed by atoms with E-state index in [0.29, 0.717) is 24.7 Å². The second kappa shape index (κ2) is 6.89. The first-order valence-electron chi connectivity index (χ1n) is 7.35. The zero-order valence-electron chi connectivity index (χ0n) is 12.0. The Balaban J connectivity index is 1.97. The lowest BCUT2D eigenvalue weighted by Crippen LogP contribution is -2.50. The molecule has 1 aliphatic rings. The van der Waals surface area contributed by atoms with Gasteiger partial charge >= 0.3 is 0 Å². The molecule has 0 amide bonds. The number of aliphatic hydroxyl groups excluding tert-OH is 1. The van der Waals surface area contributed by atoms with Crippen LogP contribution in [0, 0.1) is 0 Å². The molecule has 1 fully saturated rings. The van der Waals surface area contributed by atoms with E-state index in [2.05, 4.69) is 21.8 Å². The van der Waals surface area contributed by atoms with E-state index >= 15 is 0 Å². The maximum Gasteiger partial charge on any atom is 0.151 e. The van der Waals surface area contributed by atoms with Crippen molar-refractivity contribution in [3.05, 3.63) is 16.7 Å². The van der Waals surface area contributed by atoms with Crippen molar-refractivity contribution >= 4 is 11.6 Å². The molecule has 5 nitrogen and oxygen atoms in total. The summed E-state index contributed by atoms with van der Waals surface area (Å²) >= 11 is 6.17. The molecule has 1 aliphatic heterocycles. The Hall–Kier alpha value is -0.620. The van der Waals surface area contributed by atoms with Gasteiger partial charge < -0.3 is 15.2 Å². The lowest BCUT2D eigenvalue weighted by Gasteiger charge is -2.37. The summed E-state index contributed by atoms with van der Waals surface area (Å²) < 4.78 is 0. The molecule has 0 aliphatic carbocycles. The Morgan fingerprint density at radius 3 is 3.00 bits per heavy atom. The summed E-state index contributed by atoms with van der Waals surface area (Å²) in [6, 6.07) is 0. The maximum atomic E-state index is 10.2. The number of aromatic nitrogens is 2. The van der Waals surface area contributed by atoms with Gasteiger partial charge in [-0.05, 0) is 25.8 Å². The van der Waals surface area contributed by atoms with Crippen LogP contribution >= 0.6 is 11.6 Å². The second-order valence-corrected chi connectivity index (χ2v) is 6.11. The Bertz CT molecular complexity index is 438. The highest BCUT2D eigenvalue weighted by atomic mass is 35.5. The van der Waals surface area contributed by atoms with Gasteiger partial charge in [-0.3, -0.25) is 4.90 Å². The standard InChI is InChI=1S/C14H24ClN3O2/c1-2-3-5-12-16-11(13(15)17-12)8-18-7-4-6-14(20,9-18)10-19/h19-20H,2-10H2,1H3,(H,16,17). The smallest absolute Gasteiger partial charge is 0.151 e. The third kappa shape index (κ3) is 3.95. The monoisotopic (exact) mass is 301 g/mol. The molecule has 2 rings (SSSR count). The average molecular weight is 302 g/mol. The van der Waals surface area contributed by atoms with Gasteiger partial charge in [0.25, 0.3) is 0 Å². The molecule has 1 saturated heterocycles. The Kier molecular flexibility index (Phi) is 5.43.